The summed E-state index contributed by atoms with van der Waals surface area (Å²) in [5.41, 5.74) is 6.85. The number of carbonyl (C=O) groups excluding carboxylic acids is 1. The highest BCUT2D eigenvalue weighted by Gasteiger charge is 2.09. The van der Waals surface area contributed by atoms with Crippen LogP contribution in [0.5, 0.6) is 0 Å². The Morgan fingerprint density at radius 2 is 2.15 bits per heavy atom. The van der Waals surface area contributed by atoms with Crippen molar-refractivity contribution in [3.8, 4) is 0 Å². The van der Waals surface area contributed by atoms with Crippen molar-refractivity contribution in [3.63, 3.8) is 0 Å². The Kier molecular flexibility index (Phi) is 2.79. The first-order valence-electron chi connectivity index (χ1n) is 3.52. The van der Waals surface area contributed by atoms with Crippen LogP contribution >= 0.6 is 0 Å². The monoisotopic (exact) mass is 199 g/mol. The SMILES string of the molecule is Cc1cc(C=O)c(S(=O)O)cc1N. The van der Waals surface area contributed by atoms with E-state index in [9.17, 15) is 9.00 Å². The number of nitrogen functional groups attached to an aromatic ring is 1. The molecule has 0 bridgehead atoms. The number of aldehydes is 1. The second kappa shape index (κ2) is 3.68. The van der Waals surface area contributed by atoms with Crippen molar-refractivity contribution in [1.82, 2.24) is 0 Å². The normalized spacial score (nSPS) is 12.5. The van der Waals surface area contributed by atoms with Gasteiger partial charge in [0.05, 0.1) is 4.90 Å². The molecule has 0 aliphatic carbocycles. The van der Waals surface area contributed by atoms with Crippen molar-refractivity contribution in [1.29, 1.82) is 0 Å². The maximum Gasteiger partial charge on any atom is 0.187 e. The van der Waals surface area contributed by atoms with E-state index in [1.165, 1.54) is 12.1 Å². The van der Waals surface area contributed by atoms with Crippen LogP contribution in [0.2, 0.25) is 0 Å². The molecule has 70 valence electrons. The molecule has 0 saturated carbocycles. The lowest BCUT2D eigenvalue weighted by Crippen LogP contribution is -1.99. The fourth-order valence-electron chi connectivity index (χ4n) is 0.969. The lowest BCUT2D eigenvalue weighted by atomic mass is 10.1. The molecule has 1 rings (SSSR count). The Balaban J connectivity index is 3.41. The topological polar surface area (TPSA) is 80.4 Å². The van der Waals surface area contributed by atoms with Gasteiger partial charge in [0.1, 0.15) is 0 Å². The Morgan fingerprint density at radius 3 is 2.62 bits per heavy atom. The van der Waals surface area contributed by atoms with Crippen LogP contribution in [0.4, 0.5) is 5.69 Å². The van der Waals surface area contributed by atoms with Crippen LogP contribution in [0, 0.1) is 6.92 Å². The van der Waals surface area contributed by atoms with Crippen LogP contribution < -0.4 is 5.73 Å². The van der Waals surface area contributed by atoms with Crippen molar-refractivity contribution >= 4 is 23.1 Å². The number of hydrogen-bond donors (Lipinski definition) is 2. The van der Waals surface area contributed by atoms with Crippen LogP contribution in [0.15, 0.2) is 17.0 Å². The van der Waals surface area contributed by atoms with E-state index in [0.29, 0.717) is 12.0 Å². The predicted molar refractivity (Wildman–Crippen MR) is 50.0 cm³/mol. The molecule has 1 unspecified atom stereocenters. The van der Waals surface area contributed by atoms with Gasteiger partial charge in [0.2, 0.25) is 0 Å². The highest BCUT2D eigenvalue weighted by atomic mass is 32.2. The van der Waals surface area contributed by atoms with E-state index in [4.69, 9.17) is 10.3 Å². The third-order valence-electron chi connectivity index (χ3n) is 1.71. The van der Waals surface area contributed by atoms with Crippen LogP contribution in [0.3, 0.4) is 0 Å². The predicted octanol–water partition coefficient (Wildman–Crippen LogP) is 0.970. The van der Waals surface area contributed by atoms with Crippen LogP contribution in [-0.4, -0.2) is 15.0 Å². The van der Waals surface area contributed by atoms with E-state index < -0.39 is 11.1 Å². The maximum atomic E-state index is 10.7. The van der Waals surface area contributed by atoms with E-state index in [1.54, 1.807) is 6.92 Å². The molecule has 0 saturated heterocycles. The number of hydrogen-bond acceptors (Lipinski definition) is 3. The fraction of sp³-hybridized carbons (Fsp3) is 0.125. The van der Waals surface area contributed by atoms with E-state index in [-0.39, 0.29) is 10.5 Å². The number of rotatable bonds is 2. The molecule has 13 heavy (non-hydrogen) atoms. The van der Waals surface area contributed by atoms with Gasteiger partial charge >= 0.3 is 0 Å². The molecule has 1 aromatic carbocycles. The molecule has 0 fully saturated rings. The molecule has 0 amide bonds. The summed E-state index contributed by atoms with van der Waals surface area (Å²) in [7, 11) is 0. The Bertz CT molecular complexity index is 376. The third kappa shape index (κ3) is 1.93. The second-order valence-electron chi connectivity index (χ2n) is 2.61. The van der Waals surface area contributed by atoms with Crippen molar-refractivity contribution in [2.24, 2.45) is 0 Å². The number of nitrogens with two attached hydrogens (primary N) is 1. The summed E-state index contributed by atoms with van der Waals surface area (Å²) in [6.45, 7) is 1.73. The molecular weight excluding hydrogens is 190 g/mol. The van der Waals surface area contributed by atoms with Gasteiger partial charge in [-0.3, -0.25) is 4.79 Å². The van der Waals surface area contributed by atoms with E-state index >= 15 is 0 Å². The van der Waals surface area contributed by atoms with E-state index in [0.717, 1.165) is 5.56 Å². The van der Waals surface area contributed by atoms with Gasteiger partial charge in [-0.2, -0.15) is 0 Å². The van der Waals surface area contributed by atoms with E-state index in [1.807, 2.05) is 0 Å². The molecular formula is C8H9NO3S. The summed E-state index contributed by atoms with van der Waals surface area (Å²) in [5, 5.41) is 0. The summed E-state index contributed by atoms with van der Waals surface area (Å²) in [6.07, 6.45) is 0.538. The van der Waals surface area contributed by atoms with Gasteiger partial charge in [0.25, 0.3) is 0 Å². The average molecular weight is 199 g/mol. The lowest BCUT2D eigenvalue weighted by molar-refractivity contribution is 0.112. The molecule has 0 radical (unpaired) electrons. The zero-order valence-electron chi connectivity index (χ0n) is 6.98. The van der Waals surface area contributed by atoms with Crippen molar-refractivity contribution in [2.75, 3.05) is 5.73 Å². The quantitative estimate of drug-likeness (QED) is 0.422. The second-order valence-corrected chi connectivity index (χ2v) is 3.55. The standard InChI is InChI=1S/C8H9NO3S/c1-5-2-6(4-10)8(13(11)12)3-7(5)9/h2-4H,9H2,1H3,(H,11,12). The zero-order valence-corrected chi connectivity index (χ0v) is 7.80. The van der Waals surface area contributed by atoms with Crippen molar-refractivity contribution < 1.29 is 13.6 Å². The summed E-state index contributed by atoms with van der Waals surface area (Å²) >= 11 is -2.17. The molecule has 3 N–H and O–H groups in total. The molecule has 1 atom stereocenters. The van der Waals surface area contributed by atoms with Gasteiger partial charge < -0.3 is 10.3 Å². The largest absolute Gasteiger partial charge is 0.398 e. The number of carbonyl (C=O) groups is 1. The summed E-state index contributed by atoms with van der Waals surface area (Å²) < 4.78 is 19.5. The minimum atomic E-state index is -2.17. The molecule has 0 spiro atoms. The average Bonchev–Trinajstić information content (AvgIpc) is 2.08. The van der Waals surface area contributed by atoms with Gasteiger partial charge in [0.15, 0.2) is 17.4 Å². The first-order valence-corrected chi connectivity index (χ1v) is 4.63. The number of benzene rings is 1. The molecule has 5 heteroatoms. The smallest absolute Gasteiger partial charge is 0.187 e. The molecule has 0 aliphatic heterocycles. The number of aryl methyl sites for hydroxylation is 1. The lowest BCUT2D eigenvalue weighted by Gasteiger charge is -2.04. The van der Waals surface area contributed by atoms with Gasteiger partial charge in [-0.25, -0.2) is 4.21 Å². The van der Waals surface area contributed by atoms with Gasteiger partial charge in [0, 0.05) is 11.3 Å². The van der Waals surface area contributed by atoms with Crippen LogP contribution in [0.1, 0.15) is 15.9 Å². The summed E-state index contributed by atoms with van der Waals surface area (Å²) in [4.78, 5) is 10.6. The van der Waals surface area contributed by atoms with Crippen molar-refractivity contribution in [3.05, 3.63) is 23.3 Å². The molecule has 0 aliphatic rings. The first-order chi connectivity index (χ1) is 6.06. The van der Waals surface area contributed by atoms with E-state index in [2.05, 4.69) is 0 Å². The highest BCUT2D eigenvalue weighted by Crippen LogP contribution is 2.19. The minimum absolute atomic E-state index is 0.0538. The minimum Gasteiger partial charge on any atom is -0.398 e. The fourth-order valence-corrected chi connectivity index (χ4v) is 1.51. The molecule has 4 nitrogen and oxygen atoms in total. The Morgan fingerprint density at radius 1 is 1.54 bits per heavy atom. The van der Waals surface area contributed by atoms with Crippen molar-refractivity contribution in [2.45, 2.75) is 11.8 Å². The Hall–Kier alpha value is -1.20. The van der Waals surface area contributed by atoms with Gasteiger partial charge in [-0.15, -0.1) is 0 Å². The molecule has 0 heterocycles. The summed E-state index contributed by atoms with van der Waals surface area (Å²) in [5.74, 6) is 0. The first kappa shape index (κ1) is 9.88. The third-order valence-corrected chi connectivity index (χ3v) is 2.44. The maximum absolute atomic E-state index is 10.7. The Labute approximate surface area is 78.0 Å². The number of anilines is 1. The highest BCUT2D eigenvalue weighted by molar-refractivity contribution is 7.79. The summed E-state index contributed by atoms with van der Waals surface area (Å²) in [6, 6.07) is 2.83. The molecule has 1 aromatic rings. The van der Waals surface area contributed by atoms with Crippen LogP contribution in [0.25, 0.3) is 0 Å². The molecule has 0 aromatic heterocycles. The van der Waals surface area contributed by atoms with Gasteiger partial charge in [-0.1, -0.05) is 0 Å². The van der Waals surface area contributed by atoms with Crippen LogP contribution in [-0.2, 0) is 11.1 Å². The van der Waals surface area contributed by atoms with Gasteiger partial charge in [-0.05, 0) is 24.6 Å². The zero-order chi connectivity index (χ0) is 10.0.